The Kier molecular flexibility index (Phi) is 11.6. The molecule has 1 spiro atoms. The Hall–Kier alpha value is -11.8. The van der Waals surface area contributed by atoms with Crippen LogP contribution in [0.3, 0.4) is 0 Å². The van der Waals surface area contributed by atoms with Gasteiger partial charge in [0.25, 0.3) is 0 Å². The van der Waals surface area contributed by atoms with E-state index < -0.39 is 21.6 Å². The van der Waals surface area contributed by atoms with Crippen LogP contribution in [-0.2, 0) is 5.41 Å². The van der Waals surface area contributed by atoms with E-state index in [2.05, 4.69) is 364 Å². The third-order valence-corrected chi connectivity index (χ3v) is 32.6. The smallest absolute Gasteiger partial charge is 0.0623 e. The zero-order valence-electron chi connectivity index (χ0n) is 53.1. The zero-order chi connectivity index (χ0) is 63.6. The fraction of sp³-hybridized carbons (Fsp3) is 0.0105. The predicted octanol–water partition coefficient (Wildman–Crippen LogP) is 18.4. The van der Waals surface area contributed by atoms with E-state index in [-0.39, 0.29) is 0 Å². The first-order chi connectivity index (χ1) is 48.2. The lowest BCUT2D eigenvalue weighted by molar-refractivity contribution is 0.802. The predicted molar refractivity (Wildman–Crippen MR) is 414 cm³/mol. The maximum absolute atomic E-state index is 2.86. The third-order valence-electron chi connectivity index (χ3n) is 22.8. The van der Waals surface area contributed by atoms with E-state index >= 15 is 0 Å². The summed E-state index contributed by atoms with van der Waals surface area (Å²) in [6.45, 7) is 0. The van der Waals surface area contributed by atoms with Crippen molar-refractivity contribution in [1.29, 1.82) is 0 Å². The maximum Gasteiger partial charge on any atom is 0.180 e. The molecule has 0 radical (unpaired) electrons. The van der Waals surface area contributed by atoms with Crippen molar-refractivity contribution in [1.82, 2.24) is 0 Å². The van der Waals surface area contributed by atoms with E-state index in [0.717, 1.165) is 0 Å². The summed E-state index contributed by atoms with van der Waals surface area (Å²) in [5.41, 5.74) is 22.8. The van der Waals surface area contributed by atoms with Gasteiger partial charge in [0.05, 0.1) is 5.41 Å². The molecule has 1 unspecified atom stereocenters. The molecule has 448 valence electrons. The highest BCUT2D eigenvalue weighted by atomic mass is 28.3. The minimum absolute atomic E-state index is 0.619. The Morgan fingerprint density at radius 1 is 0.165 bits per heavy atom. The largest absolute Gasteiger partial charge is 0.180 e. The summed E-state index contributed by atoms with van der Waals surface area (Å²) in [5.74, 6) is 0. The Morgan fingerprint density at radius 2 is 0.474 bits per heavy atom. The van der Waals surface area contributed by atoms with Gasteiger partial charge in [-0.25, -0.2) is 0 Å². The van der Waals surface area contributed by atoms with Crippen LogP contribution >= 0.6 is 0 Å². The molecule has 4 aliphatic rings. The number of fused-ring (bicyclic) bond motifs is 23. The molecule has 0 saturated heterocycles. The fourth-order valence-electron chi connectivity index (χ4n) is 19.4. The molecule has 2 heteroatoms. The molecule has 17 aromatic rings. The standard InChI is InChI=1S/C95H60Si2/c1-5-30-61(31-6-1)96(62-32-7-2-8-33-62)85-56-23-19-44-77(85)91-69(50-28-58-87(91)96)67-46-25-48-72-80(67)60-81-68(70-51-29-59-88-92(70)78-45-20-24-57-86(78)97(88,63-34-9-3-10-35-63)64-36-11-4-12-37-64)47-26-49-73(81)89(72)79-52-27-55-84-90(79)75-42-17-21-53-82(75)95(84)83-54-22-18-43-76(83)93-71-40-15-13-38-65(71)66-39-14-16-41-74(66)94(93)95/h1-60H. The van der Waals surface area contributed by atoms with E-state index in [0.29, 0.717) is 0 Å². The summed E-state index contributed by atoms with van der Waals surface area (Å²) in [6.07, 6.45) is 0. The molecule has 0 nitrogen and oxygen atoms in total. The van der Waals surface area contributed by atoms with Crippen LogP contribution in [0.1, 0.15) is 22.3 Å². The van der Waals surface area contributed by atoms with Crippen LogP contribution in [0.4, 0.5) is 0 Å². The molecule has 0 N–H and O–H groups in total. The molecule has 0 saturated carbocycles. The van der Waals surface area contributed by atoms with E-state index in [9.17, 15) is 0 Å². The topological polar surface area (TPSA) is 0 Å². The van der Waals surface area contributed by atoms with Gasteiger partial charge in [-0.3, -0.25) is 0 Å². The van der Waals surface area contributed by atoms with Crippen molar-refractivity contribution >= 4 is 101 Å². The lowest BCUT2D eigenvalue weighted by atomic mass is 9.69. The monoisotopic (exact) mass is 1260 g/mol. The van der Waals surface area contributed by atoms with E-state index in [1.54, 1.807) is 0 Å². The van der Waals surface area contributed by atoms with E-state index in [4.69, 9.17) is 0 Å². The average molecular weight is 1260 g/mol. The summed E-state index contributed by atoms with van der Waals surface area (Å²) in [7, 11) is -5.72. The molecule has 21 rings (SSSR count). The summed E-state index contributed by atoms with van der Waals surface area (Å²) in [4.78, 5) is 0. The van der Waals surface area contributed by atoms with Gasteiger partial charge >= 0.3 is 0 Å². The molecule has 0 amide bonds. The summed E-state index contributed by atoms with van der Waals surface area (Å²) in [6, 6.07) is 141. The maximum atomic E-state index is 2.61. The molecule has 0 fully saturated rings. The van der Waals surface area contributed by atoms with Gasteiger partial charge in [0.15, 0.2) is 16.1 Å². The number of benzene rings is 17. The van der Waals surface area contributed by atoms with Crippen LogP contribution in [0.2, 0.25) is 0 Å². The number of hydrogen-bond acceptors (Lipinski definition) is 0. The Labute approximate surface area is 566 Å². The second-order valence-electron chi connectivity index (χ2n) is 27.0. The second kappa shape index (κ2) is 20.6. The molecule has 2 aliphatic heterocycles. The highest BCUT2D eigenvalue weighted by Crippen LogP contribution is 2.67. The minimum atomic E-state index is -2.86. The molecule has 17 aromatic carbocycles. The molecule has 1 atom stereocenters. The van der Waals surface area contributed by atoms with Crippen LogP contribution in [0, 0.1) is 0 Å². The molecular formula is C95H60Si2. The Balaban J connectivity index is 0.901. The first kappa shape index (κ1) is 54.6. The Morgan fingerprint density at radius 3 is 0.969 bits per heavy atom. The quantitative estimate of drug-likeness (QED) is 0.0848. The van der Waals surface area contributed by atoms with Gasteiger partial charge < -0.3 is 0 Å². The van der Waals surface area contributed by atoms with Gasteiger partial charge in [0.1, 0.15) is 0 Å². The number of hydrogen-bond donors (Lipinski definition) is 0. The van der Waals surface area contributed by atoms with Crippen LogP contribution in [0.15, 0.2) is 364 Å². The summed E-state index contributed by atoms with van der Waals surface area (Å²) < 4.78 is 0. The minimum Gasteiger partial charge on any atom is -0.0623 e. The van der Waals surface area contributed by atoms with Gasteiger partial charge in [-0.15, -0.1) is 0 Å². The lowest BCUT2D eigenvalue weighted by Crippen LogP contribution is -2.72. The molecular weight excluding hydrogens is 1200 g/mol. The van der Waals surface area contributed by atoms with Crippen molar-refractivity contribution in [2.45, 2.75) is 5.41 Å². The third kappa shape index (κ3) is 7.05. The fourth-order valence-corrected chi connectivity index (χ4v) is 29.8. The van der Waals surface area contributed by atoms with Crippen LogP contribution in [-0.4, -0.2) is 16.1 Å². The van der Waals surface area contributed by atoms with Gasteiger partial charge in [0.2, 0.25) is 0 Å². The van der Waals surface area contributed by atoms with Crippen LogP contribution in [0.25, 0.3) is 121 Å². The number of rotatable bonds is 7. The SMILES string of the molecule is c1ccc([Si]2(c3ccccc3)c3ccccc3-c3c(-c4cccc5c(-c6cccc7c6-c6ccccc6C76c7ccccc7-c7c6c6ccccc6c6ccccc76)c6cccc(-c7cccc8c7-c7ccccc7[Si]8(c7ccccc7)c7ccccc7)c6cc45)cccc32)cc1. The van der Waals surface area contributed by atoms with Crippen LogP contribution < -0.4 is 41.5 Å². The van der Waals surface area contributed by atoms with Gasteiger partial charge in [0, 0.05) is 0 Å². The Bertz CT molecular complexity index is 5870. The molecule has 97 heavy (non-hydrogen) atoms. The first-order valence-corrected chi connectivity index (χ1v) is 38.2. The van der Waals surface area contributed by atoms with Gasteiger partial charge in [-0.2, -0.15) is 0 Å². The average Bonchev–Trinajstić information content (AvgIpc) is 1.50. The van der Waals surface area contributed by atoms with Crippen molar-refractivity contribution in [3.05, 3.63) is 386 Å². The van der Waals surface area contributed by atoms with E-state index in [1.807, 2.05) is 0 Å². The van der Waals surface area contributed by atoms with Gasteiger partial charge in [-0.1, -0.05) is 358 Å². The lowest BCUT2D eigenvalue weighted by Gasteiger charge is -2.32. The van der Waals surface area contributed by atoms with Crippen molar-refractivity contribution in [2.75, 3.05) is 0 Å². The van der Waals surface area contributed by atoms with Crippen LogP contribution in [0.5, 0.6) is 0 Å². The molecule has 0 bridgehead atoms. The van der Waals surface area contributed by atoms with Gasteiger partial charge in [-0.05, 0) is 191 Å². The van der Waals surface area contributed by atoms with E-state index in [1.165, 1.54) is 185 Å². The second-order valence-corrected chi connectivity index (χ2v) is 34.4. The zero-order valence-corrected chi connectivity index (χ0v) is 55.1. The summed E-state index contributed by atoms with van der Waals surface area (Å²) >= 11 is 0. The van der Waals surface area contributed by atoms with Crippen molar-refractivity contribution in [3.8, 4) is 77.9 Å². The molecule has 2 aliphatic carbocycles. The van der Waals surface area contributed by atoms with Crippen molar-refractivity contribution in [3.63, 3.8) is 0 Å². The van der Waals surface area contributed by atoms with Crippen molar-refractivity contribution < 1.29 is 0 Å². The highest BCUT2D eigenvalue weighted by molar-refractivity contribution is 7.23. The molecule has 0 aromatic heterocycles. The molecule has 2 heterocycles. The first-order valence-electron chi connectivity index (χ1n) is 34.2. The van der Waals surface area contributed by atoms with Crippen molar-refractivity contribution in [2.24, 2.45) is 0 Å². The highest BCUT2D eigenvalue weighted by Gasteiger charge is 2.55. The normalized spacial score (nSPS) is 15.2. The summed E-state index contributed by atoms with van der Waals surface area (Å²) in [5, 5.41) is 21.5.